The molecule has 0 saturated heterocycles. The summed E-state index contributed by atoms with van der Waals surface area (Å²) in [5.41, 5.74) is 0. The Bertz CT molecular complexity index is 55.6. The molecule has 0 aliphatic carbocycles. The molecule has 4 heteroatoms. The minimum atomic E-state index is 0.0139. The largest absolute Gasteiger partial charge is 0.353 e. The predicted molar refractivity (Wildman–Crippen MR) is 43.3 cm³/mol. The van der Waals surface area contributed by atoms with Crippen molar-refractivity contribution in [3.8, 4) is 0 Å². The van der Waals surface area contributed by atoms with Gasteiger partial charge in [-0.15, -0.1) is 0 Å². The molecule has 0 radical (unpaired) electrons. The number of hydrogen-bond acceptors (Lipinski definition) is 4. The second-order valence-corrected chi connectivity index (χ2v) is 1.75. The molecule has 0 aliphatic heterocycles. The summed E-state index contributed by atoms with van der Waals surface area (Å²) in [5, 5.41) is 6.50. The molecule has 0 aliphatic rings. The van der Waals surface area contributed by atoms with Gasteiger partial charge >= 0.3 is 0 Å². The van der Waals surface area contributed by atoms with Crippen molar-refractivity contribution >= 4 is 0 Å². The number of hydrogen-bond donors (Lipinski definition) is 2. The lowest BCUT2D eigenvalue weighted by Crippen LogP contribution is -2.15. The van der Waals surface area contributed by atoms with E-state index in [0.717, 1.165) is 19.6 Å². The van der Waals surface area contributed by atoms with Crippen LogP contribution in [-0.2, 0) is 9.47 Å². The normalized spacial score (nSPS) is 9.27. The van der Waals surface area contributed by atoms with E-state index in [1.165, 1.54) is 0 Å². The Balaban J connectivity index is 0. The van der Waals surface area contributed by atoms with Gasteiger partial charge in [0.15, 0.2) is 6.29 Å². The van der Waals surface area contributed by atoms with Crippen LogP contribution in [0.25, 0.3) is 0 Å². The third kappa shape index (κ3) is 9.84. The smallest absolute Gasteiger partial charge is 0.157 e. The van der Waals surface area contributed by atoms with E-state index in [1.807, 2.05) is 13.8 Å². The van der Waals surface area contributed by atoms with Crippen molar-refractivity contribution in [1.29, 1.82) is 0 Å². The lowest BCUT2D eigenvalue weighted by atomic mass is 10.5. The second-order valence-electron chi connectivity index (χ2n) is 1.75. The summed E-state index contributed by atoms with van der Waals surface area (Å²) in [4.78, 5) is 0. The van der Waals surface area contributed by atoms with Crippen LogP contribution in [0.1, 0.15) is 27.2 Å². The van der Waals surface area contributed by atoms with E-state index in [-0.39, 0.29) is 6.29 Å². The highest BCUT2D eigenvalue weighted by Gasteiger charge is 2.01. The fraction of sp³-hybridized carbons (Fsp3) is 1.00. The Morgan fingerprint density at radius 3 is 1.64 bits per heavy atom. The summed E-state index contributed by atoms with van der Waals surface area (Å²) in [7, 11) is 0. The molecule has 0 aromatic rings. The van der Waals surface area contributed by atoms with Crippen LogP contribution < -0.4 is 5.90 Å². The monoisotopic (exact) mass is 165 g/mol. The molecule has 0 atom stereocenters. The van der Waals surface area contributed by atoms with Crippen molar-refractivity contribution in [2.24, 2.45) is 5.90 Å². The van der Waals surface area contributed by atoms with Gasteiger partial charge in [0.25, 0.3) is 0 Å². The first-order chi connectivity index (χ1) is 5.35. The minimum Gasteiger partial charge on any atom is -0.353 e. The molecule has 0 spiro atoms. The molecule has 0 rings (SSSR count). The summed E-state index contributed by atoms with van der Waals surface area (Å²) < 4.78 is 10.4. The molecule has 11 heavy (non-hydrogen) atoms. The highest BCUT2D eigenvalue weighted by atomic mass is 16.7. The maximum atomic E-state index is 6.50. The molecule has 0 aromatic heterocycles. The van der Waals surface area contributed by atoms with E-state index in [4.69, 9.17) is 14.7 Å². The topological polar surface area (TPSA) is 64.7 Å². The third-order valence-corrected chi connectivity index (χ3v) is 1.04. The fourth-order valence-corrected chi connectivity index (χ4v) is 0.656. The summed E-state index contributed by atoms with van der Waals surface area (Å²) in [5.74, 6) is 3.50. The molecule has 4 nitrogen and oxygen atoms in total. The van der Waals surface area contributed by atoms with E-state index in [0.29, 0.717) is 0 Å². The molecule has 3 N–H and O–H groups in total. The van der Waals surface area contributed by atoms with Crippen LogP contribution >= 0.6 is 0 Å². The van der Waals surface area contributed by atoms with E-state index in [1.54, 1.807) is 0 Å². The van der Waals surface area contributed by atoms with Gasteiger partial charge in [0.1, 0.15) is 0 Å². The highest BCUT2D eigenvalue weighted by Crippen LogP contribution is 1.98. The van der Waals surface area contributed by atoms with Crippen molar-refractivity contribution < 1.29 is 14.7 Å². The average Bonchev–Trinajstić information content (AvgIpc) is 2.08. The van der Waals surface area contributed by atoms with Crippen LogP contribution in [0.15, 0.2) is 0 Å². The van der Waals surface area contributed by atoms with Crippen LogP contribution in [0.3, 0.4) is 0 Å². The molecule has 0 heterocycles. The molecule has 0 saturated carbocycles. The molecular weight excluding hydrogens is 146 g/mol. The zero-order valence-electron chi connectivity index (χ0n) is 7.54. The van der Waals surface area contributed by atoms with Crippen LogP contribution in [0, 0.1) is 0 Å². The summed E-state index contributed by atoms with van der Waals surface area (Å²) in [6, 6.07) is 0. The molecule has 0 bridgehead atoms. The molecular formula is C7H19NO3. The van der Waals surface area contributed by atoms with Crippen molar-refractivity contribution in [1.82, 2.24) is 0 Å². The molecule has 0 fully saturated rings. The van der Waals surface area contributed by atoms with E-state index >= 15 is 0 Å². The summed E-state index contributed by atoms with van der Waals surface area (Å²) in [6.07, 6.45) is 0.946. The highest BCUT2D eigenvalue weighted by molar-refractivity contribution is 4.36. The molecule has 70 valence electrons. The Morgan fingerprint density at radius 2 is 1.45 bits per heavy atom. The lowest BCUT2D eigenvalue weighted by Gasteiger charge is -2.13. The average molecular weight is 165 g/mol. The standard InChI is InChI=1S/C7H16O2.H3NO/c1-4-7(8-5-2)9-6-3;1-2/h7H,4-6H2,1-3H3;2H,1H2. The van der Waals surface area contributed by atoms with Gasteiger partial charge in [-0.3, -0.25) is 0 Å². The quantitative estimate of drug-likeness (QED) is 0.473. The van der Waals surface area contributed by atoms with Gasteiger partial charge < -0.3 is 14.7 Å². The number of ether oxygens (including phenoxy) is 2. The van der Waals surface area contributed by atoms with E-state index in [2.05, 4.69) is 12.8 Å². The Labute approximate surface area is 68.2 Å². The van der Waals surface area contributed by atoms with Crippen molar-refractivity contribution in [2.75, 3.05) is 13.2 Å². The predicted octanol–water partition coefficient (Wildman–Crippen LogP) is 1.13. The van der Waals surface area contributed by atoms with Crippen LogP contribution in [0.2, 0.25) is 0 Å². The van der Waals surface area contributed by atoms with Crippen LogP contribution in [0.5, 0.6) is 0 Å². The number of rotatable bonds is 5. The zero-order valence-corrected chi connectivity index (χ0v) is 7.54. The minimum absolute atomic E-state index is 0.0139. The Kier molecular flexibility index (Phi) is 15.3. The second kappa shape index (κ2) is 12.5. The molecule has 0 unspecified atom stereocenters. The lowest BCUT2D eigenvalue weighted by molar-refractivity contribution is -0.136. The molecule has 0 aromatic carbocycles. The molecule has 0 amide bonds. The Hall–Kier alpha value is -0.160. The van der Waals surface area contributed by atoms with Gasteiger partial charge in [-0.2, -0.15) is 0 Å². The van der Waals surface area contributed by atoms with Crippen molar-refractivity contribution in [3.05, 3.63) is 0 Å². The Morgan fingerprint density at radius 1 is 1.09 bits per heavy atom. The first-order valence-corrected chi connectivity index (χ1v) is 3.84. The maximum absolute atomic E-state index is 6.50. The summed E-state index contributed by atoms with van der Waals surface area (Å²) >= 11 is 0. The number of nitrogens with two attached hydrogens (primary N) is 1. The maximum Gasteiger partial charge on any atom is 0.157 e. The van der Waals surface area contributed by atoms with Gasteiger partial charge in [0.05, 0.1) is 0 Å². The first kappa shape index (κ1) is 13.4. The van der Waals surface area contributed by atoms with Gasteiger partial charge in [0, 0.05) is 13.2 Å². The van der Waals surface area contributed by atoms with Crippen LogP contribution in [0.4, 0.5) is 0 Å². The summed E-state index contributed by atoms with van der Waals surface area (Å²) in [6.45, 7) is 7.47. The van der Waals surface area contributed by atoms with Crippen molar-refractivity contribution in [2.45, 2.75) is 33.5 Å². The zero-order chi connectivity index (χ0) is 9.11. The SMILES string of the molecule is CCOC(CC)OCC.NO. The fourth-order valence-electron chi connectivity index (χ4n) is 0.656. The van der Waals surface area contributed by atoms with Gasteiger partial charge in [-0.05, 0) is 20.3 Å². The van der Waals surface area contributed by atoms with Crippen molar-refractivity contribution in [3.63, 3.8) is 0 Å². The van der Waals surface area contributed by atoms with E-state index < -0.39 is 0 Å². The van der Waals surface area contributed by atoms with Gasteiger partial charge in [0.2, 0.25) is 0 Å². The first-order valence-electron chi connectivity index (χ1n) is 3.84. The van der Waals surface area contributed by atoms with E-state index in [9.17, 15) is 0 Å². The third-order valence-electron chi connectivity index (χ3n) is 1.04. The van der Waals surface area contributed by atoms with Crippen LogP contribution in [-0.4, -0.2) is 24.7 Å². The van der Waals surface area contributed by atoms with Gasteiger partial charge in [-0.1, -0.05) is 6.92 Å². The van der Waals surface area contributed by atoms with Gasteiger partial charge in [-0.25, -0.2) is 5.90 Å².